The van der Waals surface area contributed by atoms with Crippen molar-refractivity contribution >= 4 is 21.8 Å². The quantitative estimate of drug-likeness (QED) is 0.771. The standard InChI is InChI=1S/C19H23NO3S2/c1-24-16-13-11-15(12-14-16)23-19-10-6-5-9-18(19)20-25(21,22)17-7-3-2-4-8-17/h2-4,7-8,11-14,18-20H,5-6,9-10H2,1H3/t18-,19-/m1/s1. The van der Waals surface area contributed by atoms with Crippen molar-refractivity contribution in [2.24, 2.45) is 0 Å². The van der Waals surface area contributed by atoms with Gasteiger partial charge in [0.2, 0.25) is 10.0 Å². The zero-order valence-corrected chi connectivity index (χ0v) is 15.9. The van der Waals surface area contributed by atoms with E-state index >= 15 is 0 Å². The zero-order valence-electron chi connectivity index (χ0n) is 14.2. The molecule has 1 aliphatic carbocycles. The molecule has 0 spiro atoms. The van der Waals surface area contributed by atoms with Crippen molar-refractivity contribution in [3.8, 4) is 5.75 Å². The fourth-order valence-electron chi connectivity index (χ4n) is 3.07. The summed E-state index contributed by atoms with van der Waals surface area (Å²) in [6, 6.07) is 16.2. The molecule has 1 saturated carbocycles. The smallest absolute Gasteiger partial charge is 0.240 e. The normalized spacial score (nSPS) is 21.0. The monoisotopic (exact) mass is 377 g/mol. The number of hydrogen-bond acceptors (Lipinski definition) is 4. The Hall–Kier alpha value is -1.50. The van der Waals surface area contributed by atoms with Crippen LogP contribution in [-0.4, -0.2) is 26.8 Å². The van der Waals surface area contributed by atoms with E-state index in [2.05, 4.69) is 4.72 Å². The molecule has 0 radical (unpaired) electrons. The molecule has 0 aromatic heterocycles. The van der Waals surface area contributed by atoms with Crippen LogP contribution in [0.25, 0.3) is 0 Å². The molecule has 2 aromatic carbocycles. The minimum Gasteiger partial charge on any atom is -0.489 e. The summed E-state index contributed by atoms with van der Waals surface area (Å²) in [6.07, 6.45) is 5.59. The van der Waals surface area contributed by atoms with Crippen LogP contribution < -0.4 is 9.46 Å². The number of thioether (sulfide) groups is 1. The van der Waals surface area contributed by atoms with E-state index in [4.69, 9.17) is 4.74 Å². The molecule has 0 saturated heterocycles. The second kappa shape index (κ2) is 8.25. The molecule has 134 valence electrons. The molecule has 0 aliphatic heterocycles. The van der Waals surface area contributed by atoms with Crippen LogP contribution in [0.4, 0.5) is 0 Å². The van der Waals surface area contributed by atoms with Gasteiger partial charge in [0.05, 0.1) is 10.9 Å². The van der Waals surface area contributed by atoms with Crippen molar-refractivity contribution in [3.05, 3.63) is 54.6 Å². The molecule has 0 heterocycles. The van der Waals surface area contributed by atoms with Crippen LogP contribution in [0.5, 0.6) is 5.75 Å². The summed E-state index contributed by atoms with van der Waals surface area (Å²) >= 11 is 1.68. The highest BCUT2D eigenvalue weighted by atomic mass is 32.2. The fraction of sp³-hybridized carbons (Fsp3) is 0.368. The van der Waals surface area contributed by atoms with Crippen molar-refractivity contribution in [3.63, 3.8) is 0 Å². The second-order valence-corrected chi connectivity index (χ2v) is 8.75. The summed E-state index contributed by atoms with van der Waals surface area (Å²) in [7, 11) is -3.53. The van der Waals surface area contributed by atoms with Gasteiger partial charge in [-0.15, -0.1) is 11.8 Å². The van der Waals surface area contributed by atoms with Crippen LogP contribution in [0.1, 0.15) is 25.7 Å². The first kappa shape index (κ1) is 18.3. The summed E-state index contributed by atoms with van der Waals surface area (Å²) < 4.78 is 34.2. The molecule has 3 rings (SSSR count). The van der Waals surface area contributed by atoms with Crippen molar-refractivity contribution < 1.29 is 13.2 Å². The van der Waals surface area contributed by atoms with Gasteiger partial charge < -0.3 is 4.74 Å². The summed E-state index contributed by atoms with van der Waals surface area (Å²) in [5.74, 6) is 0.786. The third-order valence-corrected chi connectivity index (χ3v) is 6.66. The number of rotatable bonds is 6. The summed E-state index contributed by atoms with van der Waals surface area (Å²) in [5, 5.41) is 0. The maximum atomic E-state index is 12.6. The molecule has 2 atom stereocenters. The van der Waals surface area contributed by atoms with Gasteiger partial charge in [0, 0.05) is 4.90 Å². The van der Waals surface area contributed by atoms with Crippen LogP contribution in [0.3, 0.4) is 0 Å². The Bertz CT molecular complexity index is 776. The maximum Gasteiger partial charge on any atom is 0.240 e. The maximum absolute atomic E-state index is 12.6. The topological polar surface area (TPSA) is 55.4 Å². The molecular weight excluding hydrogens is 354 g/mol. The van der Waals surface area contributed by atoms with E-state index < -0.39 is 10.0 Å². The van der Waals surface area contributed by atoms with E-state index in [0.29, 0.717) is 4.90 Å². The van der Waals surface area contributed by atoms with E-state index in [-0.39, 0.29) is 12.1 Å². The first-order valence-corrected chi connectivity index (χ1v) is 11.2. The van der Waals surface area contributed by atoms with Gasteiger partial charge in [-0.3, -0.25) is 0 Å². The van der Waals surface area contributed by atoms with E-state index in [1.165, 1.54) is 4.90 Å². The van der Waals surface area contributed by atoms with Crippen LogP contribution in [-0.2, 0) is 10.0 Å². The number of ether oxygens (including phenoxy) is 1. The molecule has 0 bridgehead atoms. The van der Waals surface area contributed by atoms with Crippen LogP contribution in [0, 0.1) is 0 Å². The Labute approximate surface area is 154 Å². The van der Waals surface area contributed by atoms with Gasteiger partial charge in [-0.1, -0.05) is 24.6 Å². The SMILES string of the molecule is CSc1ccc(O[C@@H]2CCCC[C@H]2NS(=O)(=O)c2ccccc2)cc1. The summed E-state index contributed by atoms with van der Waals surface area (Å²) in [4.78, 5) is 1.47. The van der Waals surface area contributed by atoms with Gasteiger partial charge >= 0.3 is 0 Å². The predicted molar refractivity (Wildman–Crippen MR) is 102 cm³/mol. The Morgan fingerprint density at radius 2 is 1.68 bits per heavy atom. The average Bonchev–Trinajstić information content (AvgIpc) is 2.64. The predicted octanol–water partition coefficient (Wildman–Crippen LogP) is 4.08. The minimum absolute atomic E-state index is 0.146. The number of benzene rings is 2. The fourth-order valence-corrected chi connectivity index (χ4v) is 4.80. The Kier molecular flexibility index (Phi) is 6.04. The van der Waals surface area contributed by atoms with E-state index in [1.54, 1.807) is 36.0 Å². The number of sulfonamides is 1. The highest BCUT2D eigenvalue weighted by molar-refractivity contribution is 7.98. The largest absolute Gasteiger partial charge is 0.489 e. The molecule has 0 unspecified atom stereocenters. The first-order chi connectivity index (χ1) is 12.1. The Balaban J connectivity index is 1.72. The van der Waals surface area contributed by atoms with Crippen LogP contribution in [0.2, 0.25) is 0 Å². The highest BCUT2D eigenvalue weighted by Crippen LogP contribution is 2.26. The van der Waals surface area contributed by atoms with Crippen molar-refractivity contribution in [1.29, 1.82) is 0 Å². The van der Waals surface area contributed by atoms with Crippen LogP contribution >= 0.6 is 11.8 Å². The lowest BCUT2D eigenvalue weighted by molar-refractivity contribution is 0.125. The second-order valence-electron chi connectivity index (χ2n) is 6.16. The number of nitrogens with one attached hydrogen (secondary N) is 1. The molecule has 4 nitrogen and oxygen atoms in total. The van der Waals surface area contributed by atoms with Gasteiger partial charge in [0.25, 0.3) is 0 Å². The molecular formula is C19H23NO3S2. The Morgan fingerprint density at radius 1 is 1.00 bits per heavy atom. The molecule has 1 aliphatic rings. The molecule has 2 aromatic rings. The lowest BCUT2D eigenvalue weighted by Gasteiger charge is -2.32. The van der Waals surface area contributed by atoms with Crippen molar-refractivity contribution in [2.45, 2.75) is 47.6 Å². The van der Waals surface area contributed by atoms with Gasteiger partial charge in [-0.05, 0) is 61.9 Å². The minimum atomic E-state index is -3.53. The highest BCUT2D eigenvalue weighted by Gasteiger charge is 2.31. The van der Waals surface area contributed by atoms with E-state index in [0.717, 1.165) is 31.4 Å². The number of hydrogen-bond donors (Lipinski definition) is 1. The van der Waals surface area contributed by atoms with E-state index in [1.807, 2.05) is 36.6 Å². The van der Waals surface area contributed by atoms with Gasteiger partial charge in [0.15, 0.2) is 0 Å². The van der Waals surface area contributed by atoms with Gasteiger partial charge in [-0.2, -0.15) is 0 Å². The summed E-state index contributed by atoms with van der Waals surface area (Å²) in [6.45, 7) is 0. The van der Waals surface area contributed by atoms with E-state index in [9.17, 15) is 8.42 Å². The molecule has 0 amide bonds. The van der Waals surface area contributed by atoms with Crippen LogP contribution in [0.15, 0.2) is 64.4 Å². The molecule has 1 N–H and O–H groups in total. The van der Waals surface area contributed by atoms with Crippen molar-refractivity contribution in [2.75, 3.05) is 6.26 Å². The van der Waals surface area contributed by atoms with Gasteiger partial charge in [0.1, 0.15) is 11.9 Å². The third kappa shape index (κ3) is 4.77. The summed E-state index contributed by atoms with van der Waals surface area (Å²) in [5.41, 5.74) is 0. The molecule has 25 heavy (non-hydrogen) atoms. The Morgan fingerprint density at radius 3 is 2.36 bits per heavy atom. The molecule has 6 heteroatoms. The molecule has 1 fully saturated rings. The zero-order chi connectivity index (χ0) is 17.7. The van der Waals surface area contributed by atoms with Gasteiger partial charge in [-0.25, -0.2) is 13.1 Å². The average molecular weight is 378 g/mol. The van der Waals surface area contributed by atoms with Crippen molar-refractivity contribution in [1.82, 2.24) is 4.72 Å². The lowest BCUT2D eigenvalue weighted by atomic mass is 9.93. The third-order valence-electron chi connectivity index (χ3n) is 4.41. The lowest BCUT2D eigenvalue weighted by Crippen LogP contribution is -2.47. The first-order valence-electron chi connectivity index (χ1n) is 8.46.